The van der Waals surface area contributed by atoms with Crippen LogP contribution in [0, 0.1) is 13.8 Å². The van der Waals surface area contributed by atoms with Crippen LogP contribution in [0.3, 0.4) is 0 Å². The van der Waals surface area contributed by atoms with Gasteiger partial charge in [-0.05, 0) is 59.0 Å². The molecule has 0 bridgehead atoms. The minimum atomic E-state index is -0.104. The molecule has 0 radical (unpaired) electrons. The quantitative estimate of drug-likeness (QED) is 0.531. The first-order valence-corrected chi connectivity index (χ1v) is 8.09. The fourth-order valence-electron chi connectivity index (χ4n) is 1.65. The van der Waals surface area contributed by atoms with E-state index >= 15 is 0 Å². The molecular formula is C13H11Br2ClS. The summed E-state index contributed by atoms with van der Waals surface area (Å²) in [7, 11) is 0. The molecule has 1 heterocycles. The summed E-state index contributed by atoms with van der Waals surface area (Å²) < 4.78 is 2.15. The minimum Gasteiger partial charge on any atom is -0.152 e. The smallest absolute Gasteiger partial charge is 0.0857 e. The number of benzene rings is 1. The predicted molar refractivity (Wildman–Crippen MR) is 83.3 cm³/mol. The molecule has 1 unspecified atom stereocenters. The molecule has 4 heteroatoms. The van der Waals surface area contributed by atoms with Gasteiger partial charge < -0.3 is 0 Å². The minimum absolute atomic E-state index is 0.104. The van der Waals surface area contributed by atoms with Crippen LogP contribution in [0.15, 0.2) is 31.8 Å². The van der Waals surface area contributed by atoms with Crippen molar-refractivity contribution in [3.63, 3.8) is 0 Å². The molecule has 0 amide bonds. The summed E-state index contributed by atoms with van der Waals surface area (Å²) in [4.78, 5) is 0. The molecule has 0 aliphatic carbocycles. The average Bonchev–Trinajstić information content (AvgIpc) is 2.69. The molecule has 0 spiro atoms. The maximum absolute atomic E-state index is 6.56. The number of halogens is 3. The van der Waals surface area contributed by atoms with Crippen molar-refractivity contribution >= 4 is 54.8 Å². The van der Waals surface area contributed by atoms with Crippen LogP contribution < -0.4 is 0 Å². The van der Waals surface area contributed by atoms with Gasteiger partial charge in [0.1, 0.15) is 0 Å². The Morgan fingerprint density at radius 3 is 2.29 bits per heavy atom. The monoisotopic (exact) mass is 392 g/mol. The zero-order chi connectivity index (χ0) is 12.6. The second kappa shape index (κ2) is 5.43. The van der Waals surface area contributed by atoms with Gasteiger partial charge in [0.05, 0.1) is 5.38 Å². The second-order valence-corrected chi connectivity index (χ2v) is 6.88. The maximum atomic E-state index is 6.56. The lowest BCUT2D eigenvalue weighted by Gasteiger charge is -2.14. The number of thiophene rings is 1. The highest BCUT2D eigenvalue weighted by molar-refractivity contribution is 9.11. The Labute approximate surface area is 127 Å². The first-order valence-electron chi connectivity index (χ1n) is 5.13. The highest BCUT2D eigenvalue weighted by atomic mass is 79.9. The van der Waals surface area contributed by atoms with Crippen LogP contribution in [0.1, 0.15) is 27.6 Å². The van der Waals surface area contributed by atoms with Crippen molar-refractivity contribution in [3.8, 4) is 0 Å². The number of hydrogen-bond donors (Lipinski definition) is 0. The van der Waals surface area contributed by atoms with Crippen molar-refractivity contribution in [1.82, 2.24) is 0 Å². The molecule has 0 nitrogen and oxygen atoms in total. The van der Waals surface area contributed by atoms with E-state index in [1.54, 1.807) is 11.3 Å². The van der Waals surface area contributed by atoms with Crippen LogP contribution in [0.25, 0.3) is 0 Å². The van der Waals surface area contributed by atoms with Crippen molar-refractivity contribution < 1.29 is 0 Å². The third kappa shape index (κ3) is 2.78. The molecule has 0 N–H and O–H groups in total. The number of aryl methyl sites for hydroxylation is 2. The van der Waals surface area contributed by atoms with E-state index in [-0.39, 0.29) is 5.38 Å². The van der Waals surface area contributed by atoms with E-state index in [2.05, 4.69) is 68.6 Å². The molecule has 1 aromatic heterocycles. The maximum Gasteiger partial charge on any atom is 0.0857 e. The number of hydrogen-bond acceptors (Lipinski definition) is 1. The van der Waals surface area contributed by atoms with Gasteiger partial charge in [0.25, 0.3) is 0 Å². The SMILES string of the molecule is Cc1cc(Br)c(C(Cl)c2cscc2C)cc1Br. The zero-order valence-electron chi connectivity index (χ0n) is 9.43. The van der Waals surface area contributed by atoms with Gasteiger partial charge in [0.2, 0.25) is 0 Å². The fraction of sp³-hybridized carbons (Fsp3) is 0.231. The van der Waals surface area contributed by atoms with E-state index in [0.717, 1.165) is 14.5 Å². The van der Waals surface area contributed by atoms with Crippen LogP contribution in [0.5, 0.6) is 0 Å². The van der Waals surface area contributed by atoms with Crippen molar-refractivity contribution in [2.45, 2.75) is 19.2 Å². The highest BCUT2D eigenvalue weighted by Crippen LogP contribution is 2.38. The third-order valence-electron chi connectivity index (χ3n) is 2.72. The molecule has 2 rings (SSSR count). The van der Waals surface area contributed by atoms with Crippen molar-refractivity contribution in [2.24, 2.45) is 0 Å². The lowest BCUT2D eigenvalue weighted by atomic mass is 10.0. The zero-order valence-corrected chi connectivity index (χ0v) is 14.2. The van der Waals surface area contributed by atoms with Crippen LogP contribution in [0.4, 0.5) is 0 Å². The largest absolute Gasteiger partial charge is 0.152 e. The molecule has 0 fully saturated rings. The Morgan fingerprint density at radius 2 is 1.71 bits per heavy atom. The lowest BCUT2D eigenvalue weighted by Crippen LogP contribution is -1.96. The van der Waals surface area contributed by atoms with Crippen molar-refractivity contribution in [1.29, 1.82) is 0 Å². The molecule has 0 aliphatic rings. The topological polar surface area (TPSA) is 0 Å². The second-order valence-electron chi connectivity index (χ2n) is 4.00. The molecule has 0 aliphatic heterocycles. The summed E-state index contributed by atoms with van der Waals surface area (Å²) in [6, 6.07) is 4.19. The van der Waals surface area contributed by atoms with Gasteiger partial charge in [-0.2, -0.15) is 11.3 Å². The van der Waals surface area contributed by atoms with Crippen LogP contribution in [0.2, 0.25) is 0 Å². The van der Waals surface area contributed by atoms with Gasteiger partial charge >= 0.3 is 0 Å². The van der Waals surface area contributed by atoms with Gasteiger partial charge in [0.15, 0.2) is 0 Å². The van der Waals surface area contributed by atoms with Gasteiger partial charge in [-0.3, -0.25) is 0 Å². The summed E-state index contributed by atoms with van der Waals surface area (Å²) in [6.45, 7) is 4.16. The Morgan fingerprint density at radius 1 is 1.00 bits per heavy atom. The molecule has 1 aromatic carbocycles. The van der Waals surface area contributed by atoms with Gasteiger partial charge in [-0.25, -0.2) is 0 Å². The summed E-state index contributed by atoms with van der Waals surface area (Å²) >= 11 is 15.4. The summed E-state index contributed by atoms with van der Waals surface area (Å²) in [5.41, 5.74) is 4.74. The Hall–Kier alpha value is 0.170. The van der Waals surface area contributed by atoms with E-state index in [1.807, 2.05) is 0 Å². The molecule has 17 heavy (non-hydrogen) atoms. The van der Waals surface area contributed by atoms with Crippen molar-refractivity contribution in [2.75, 3.05) is 0 Å². The van der Waals surface area contributed by atoms with Crippen LogP contribution >= 0.6 is 54.8 Å². The summed E-state index contributed by atoms with van der Waals surface area (Å²) in [5.74, 6) is 0. The molecule has 2 aromatic rings. The van der Waals surface area contributed by atoms with E-state index in [9.17, 15) is 0 Å². The average molecular weight is 395 g/mol. The predicted octanol–water partition coefficient (Wildman–Crippen LogP) is 6.22. The molecular weight excluding hydrogens is 383 g/mol. The van der Waals surface area contributed by atoms with E-state index in [1.165, 1.54) is 16.7 Å². The normalized spacial score (nSPS) is 12.8. The third-order valence-corrected chi connectivity index (χ3v) is 5.61. The highest BCUT2D eigenvalue weighted by Gasteiger charge is 2.17. The van der Waals surface area contributed by atoms with Crippen LogP contribution in [-0.2, 0) is 0 Å². The van der Waals surface area contributed by atoms with Gasteiger partial charge in [0, 0.05) is 8.95 Å². The Kier molecular flexibility index (Phi) is 4.35. The lowest BCUT2D eigenvalue weighted by molar-refractivity contribution is 1.11. The van der Waals surface area contributed by atoms with E-state index < -0.39 is 0 Å². The molecule has 90 valence electrons. The van der Waals surface area contributed by atoms with E-state index in [0.29, 0.717) is 0 Å². The fourth-order valence-corrected chi connectivity index (χ4v) is 4.20. The first-order chi connectivity index (χ1) is 8.00. The molecule has 0 saturated carbocycles. The molecule has 0 saturated heterocycles. The Bertz CT molecular complexity index is 548. The summed E-state index contributed by atoms with van der Waals surface area (Å²) in [6.07, 6.45) is 0. The number of rotatable bonds is 2. The number of alkyl halides is 1. The van der Waals surface area contributed by atoms with Crippen molar-refractivity contribution in [3.05, 3.63) is 54.1 Å². The van der Waals surface area contributed by atoms with Crippen LogP contribution in [-0.4, -0.2) is 0 Å². The summed E-state index contributed by atoms with van der Waals surface area (Å²) in [5, 5.41) is 4.14. The standard InChI is InChI=1S/C13H11Br2ClS/c1-7-3-12(15)9(4-11(7)14)13(16)10-6-17-5-8(10)2/h3-6,13H,1-2H3. The first kappa shape index (κ1) is 13.6. The van der Waals surface area contributed by atoms with Gasteiger partial charge in [-0.1, -0.05) is 31.9 Å². The Balaban J connectivity index is 2.48. The van der Waals surface area contributed by atoms with Gasteiger partial charge in [-0.15, -0.1) is 11.6 Å². The molecule has 1 atom stereocenters. The van der Waals surface area contributed by atoms with E-state index in [4.69, 9.17) is 11.6 Å².